The van der Waals surface area contributed by atoms with Crippen molar-refractivity contribution in [2.24, 2.45) is 0 Å². The highest BCUT2D eigenvalue weighted by Crippen LogP contribution is 2.32. The quantitative estimate of drug-likeness (QED) is 0.242. The zero-order valence-corrected chi connectivity index (χ0v) is 17.6. The molecule has 4 rings (SSSR count). The van der Waals surface area contributed by atoms with Crippen LogP contribution in [0.2, 0.25) is 0 Å². The number of hydrogen-bond donors (Lipinski definition) is 0. The van der Waals surface area contributed by atoms with Crippen LogP contribution >= 0.6 is 15.9 Å². The monoisotopic (exact) mass is 428 g/mol. The van der Waals surface area contributed by atoms with Gasteiger partial charge in [-0.05, 0) is 21.1 Å². The summed E-state index contributed by atoms with van der Waals surface area (Å²) in [4.78, 5) is 0. The van der Waals surface area contributed by atoms with Gasteiger partial charge in [-0.25, -0.2) is 0 Å². The van der Waals surface area contributed by atoms with Gasteiger partial charge in [-0.3, -0.25) is 0 Å². The first-order valence-corrected chi connectivity index (χ1v) is 12.2. The lowest BCUT2D eigenvalue weighted by molar-refractivity contribution is 1.33. The molecule has 4 aromatic carbocycles. The lowest BCUT2D eigenvalue weighted by atomic mass is 10.2. The summed E-state index contributed by atoms with van der Waals surface area (Å²) in [7, 11) is -2.35. The second-order valence-electron chi connectivity index (χ2n) is 6.68. The summed E-state index contributed by atoms with van der Waals surface area (Å²) in [6.07, 6.45) is 0. The molecule has 2 heteroatoms. The van der Waals surface area contributed by atoms with E-state index in [1.807, 2.05) is 0 Å². The Morgan fingerprint density at radius 1 is 0.444 bits per heavy atom. The molecular weight excluding hydrogens is 408 g/mol. The fraction of sp³-hybridized carbons (Fsp3) is 0.0400. The van der Waals surface area contributed by atoms with Crippen LogP contribution in [-0.4, -0.2) is 8.07 Å². The van der Waals surface area contributed by atoms with Gasteiger partial charge in [-0.15, -0.1) is 0 Å². The molecule has 0 saturated heterocycles. The molecule has 27 heavy (non-hydrogen) atoms. The van der Waals surface area contributed by atoms with Crippen molar-refractivity contribution in [3.8, 4) is 0 Å². The van der Waals surface area contributed by atoms with Crippen LogP contribution in [0.15, 0.2) is 121 Å². The molecule has 0 aromatic heterocycles. The molecule has 0 bridgehead atoms. The topological polar surface area (TPSA) is 0 Å². The predicted octanol–water partition coefficient (Wildman–Crippen LogP) is 4.83. The smallest absolute Gasteiger partial charge is 0.0862 e. The van der Waals surface area contributed by atoms with Gasteiger partial charge >= 0.3 is 0 Å². The summed E-state index contributed by atoms with van der Waals surface area (Å²) >= 11 is 4.18. The molecule has 0 heterocycles. The van der Waals surface area contributed by atoms with E-state index < -0.39 is 8.07 Å². The van der Waals surface area contributed by atoms with E-state index in [4.69, 9.17) is 0 Å². The zero-order chi connectivity index (χ0) is 18.5. The SMILES string of the molecule is BrC(c1ccccc1)[Si](c1ccccc1)(c1ccccc1)c1ccccc1. The van der Waals surface area contributed by atoms with Crippen LogP contribution in [0.5, 0.6) is 0 Å². The number of halogens is 1. The van der Waals surface area contributed by atoms with Gasteiger partial charge in [0, 0.05) is 4.45 Å². The third-order valence-electron chi connectivity index (χ3n) is 5.16. The van der Waals surface area contributed by atoms with Crippen LogP contribution in [0, 0.1) is 0 Å². The Hall–Kier alpha value is -2.42. The average molecular weight is 429 g/mol. The molecule has 0 aliphatic heterocycles. The molecule has 4 aromatic rings. The first-order chi connectivity index (χ1) is 13.3. The summed E-state index contributed by atoms with van der Waals surface area (Å²) in [6.45, 7) is 0. The Bertz CT molecular complexity index is 873. The van der Waals surface area contributed by atoms with Crippen molar-refractivity contribution in [1.82, 2.24) is 0 Å². The van der Waals surface area contributed by atoms with E-state index in [9.17, 15) is 0 Å². The van der Waals surface area contributed by atoms with Crippen molar-refractivity contribution in [2.45, 2.75) is 4.45 Å². The maximum absolute atomic E-state index is 4.18. The van der Waals surface area contributed by atoms with Crippen molar-refractivity contribution in [3.05, 3.63) is 127 Å². The molecule has 0 nitrogen and oxygen atoms in total. The molecular formula is C25H21BrSi. The summed E-state index contributed by atoms with van der Waals surface area (Å²) in [5, 5.41) is 4.23. The standard InChI is InChI=1S/C25H21BrSi/c26-25(21-13-5-1-6-14-21)27(22-15-7-2-8-16-22,23-17-9-3-10-18-23)24-19-11-4-12-20-24/h1-20,25H. The first kappa shape index (κ1) is 18.0. The Morgan fingerprint density at radius 3 is 1.07 bits per heavy atom. The number of hydrogen-bond acceptors (Lipinski definition) is 0. The van der Waals surface area contributed by atoms with Gasteiger partial charge in [0.25, 0.3) is 0 Å². The molecule has 1 unspecified atom stereocenters. The number of benzene rings is 4. The van der Waals surface area contributed by atoms with Gasteiger partial charge in [0.05, 0.1) is 0 Å². The maximum atomic E-state index is 4.18. The Labute approximate surface area is 170 Å². The van der Waals surface area contributed by atoms with E-state index in [0.29, 0.717) is 0 Å². The van der Waals surface area contributed by atoms with Crippen LogP contribution < -0.4 is 15.6 Å². The van der Waals surface area contributed by atoms with Crippen LogP contribution in [0.1, 0.15) is 10.0 Å². The summed E-state index contributed by atoms with van der Waals surface area (Å²) in [5.74, 6) is 0. The molecule has 0 N–H and O–H groups in total. The fourth-order valence-corrected chi connectivity index (χ4v) is 11.3. The molecule has 0 spiro atoms. The summed E-state index contributed by atoms with van der Waals surface area (Å²) in [5.41, 5.74) is 1.32. The summed E-state index contributed by atoms with van der Waals surface area (Å²) < 4.78 is 0.221. The van der Waals surface area contributed by atoms with Crippen molar-refractivity contribution in [3.63, 3.8) is 0 Å². The van der Waals surface area contributed by atoms with Crippen LogP contribution in [0.25, 0.3) is 0 Å². The fourth-order valence-electron chi connectivity index (χ4n) is 3.91. The van der Waals surface area contributed by atoms with Gasteiger partial charge in [-0.2, -0.15) is 0 Å². The molecule has 0 aliphatic rings. The van der Waals surface area contributed by atoms with E-state index in [-0.39, 0.29) is 4.45 Å². The van der Waals surface area contributed by atoms with Gasteiger partial charge in [0.2, 0.25) is 0 Å². The van der Waals surface area contributed by atoms with Crippen molar-refractivity contribution < 1.29 is 0 Å². The highest BCUT2D eigenvalue weighted by atomic mass is 79.9. The minimum absolute atomic E-state index is 0.221. The van der Waals surface area contributed by atoms with Crippen LogP contribution in [0.4, 0.5) is 0 Å². The molecule has 0 aliphatic carbocycles. The molecule has 132 valence electrons. The minimum Gasteiger partial charge on any atom is -0.0862 e. The molecule has 0 fully saturated rings. The maximum Gasteiger partial charge on any atom is 0.166 e. The molecule has 1 atom stereocenters. The Morgan fingerprint density at radius 2 is 0.741 bits per heavy atom. The molecule has 0 saturated carbocycles. The van der Waals surface area contributed by atoms with E-state index in [0.717, 1.165) is 0 Å². The van der Waals surface area contributed by atoms with E-state index in [1.54, 1.807) is 0 Å². The predicted molar refractivity (Wildman–Crippen MR) is 122 cm³/mol. The van der Waals surface area contributed by atoms with Gasteiger partial charge < -0.3 is 0 Å². The van der Waals surface area contributed by atoms with Crippen molar-refractivity contribution in [1.29, 1.82) is 0 Å². The number of rotatable bonds is 5. The Balaban J connectivity index is 2.07. The third-order valence-corrected chi connectivity index (χ3v) is 12.6. The van der Waals surface area contributed by atoms with Gasteiger partial charge in [-0.1, -0.05) is 137 Å². The van der Waals surface area contributed by atoms with E-state index in [2.05, 4.69) is 137 Å². The molecule has 0 radical (unpaired) electrons. The zero-order valence-electron chi connectivity index (χ0n) is 15.0. The van der Waals surface area contributed by atoms with E-state index in [1.165, 1.54) is 21.1 Å². The number of alkyl halides is 1. The van der Waals surface area contributed by atoms with Crippen LogP contribution in [-0.2, 0) is 0 Å². The third kappa shape index (κ3) is 3.31. The average Bonchev–Trinajstić information content (AvgIpc) is 2.77. The highest BCUT2D eigenvalue weighted by molar-refractivity contribution is 9.10. The molecule has 0 amide bonds. The second-order valence-corrected chi connectivity index (χ2v) is 12.4. The van der Waals surface area contributed by atoms with E-state index >= 15 is 0 Å². The lowest BCUT2D eigenvalue weighted by Crippen LogP contribution is -2.69. The van der Waals surface area contributed by atoms with Crippen molar-refractivity contribution >= 4 is 39.6 Å². The van der Waals surface area contributed by atoms with Gasteiger partial charge in [0.1, 0.15) is 0 Å². The Kier molecular flexibility index (Phi) is 5.37. The normalized spacial score (nSPS) is 12.5. The first-order valence-electron chi connectivity index (χ1n) is 9.19. The largest absolute Gasteiger partial charge is 0.166 e. The minimum atomic E-state index is -2.35. The van der Waals surface area contributed by atoms with Crippen LogP contribution in [0.3, 0.4) is 0 Å². The second kappa shape index (κ2) is 8.08. The highest BCUT2D eigenvalue weighted by Gasteiger charge is 2.45. The lowest BCUT2D eigenvalue weighted by Gasteiger charge is -2.38. The van der Waals surface area contributed by atoms with Crippen molar-refractivity contribution in [2.75, 3.05) is 0 Å². The van der Waals surface area contributed by atoms with Gasteiger partial charge in [0.15, 0.2) is 8.07 Å². The summed E-state index contributed by atoms with van der Waals surface area (Å²) in [6, 6.07) is 43.8.